The molecule has 0 amide bonds. The third-order valence-corrected chi connectivity index (χ3v) is 2.19. The zero-order valence-corrected chi connectivity index (χ0v) is 7.60. The molecule has 0 fully saturated rings. The lowest BCUT2D eigenvalue weighted by Crippen LogP contribution is -2.56. The number of nitrogens with one attached hydrogen (secondary N) is 2. The van der Waals surface area contributed by atoms with Crippen LogP contribution in [0.25, 0.3) is 0 Å². The average molecular weight is 202 g/mol. The van der Waals surface area contributed by atoms with Crippen molar-refractivity contribution in [3.05, 3.63) is 12.3 Å². The normalized spacial score (nSPS) is 32.4. The van der Waals surface area contributed by atoms with Crippen molar-refractivity contribution in [3.8, 4) is 0 Å². The van der Waals surface area contributed by atoms with Gasteiger partial charge in [0.1, 0.15) is 11.3 Å². The quantitative estimate of drug-likeness (QED) is 0.373. The molecule has 0 aromatic carbocycles. The average Bonchev–Trinajstić information content (AvgIpc) is 2.36. The van der Waals surface area contributed by atoms with E-state index in [1.165, 1.54) is 6.34 Å². The number of thiocarbonyl (C=S) groups is 1. The van der Waals surface area contributed by atoms with Gasteiger partial charge in [0, 0.05) is 6.20 Å². The second-order valence-corrected chi connectivity index (χ2v) is 3.26. The van der Waals surface area contributed by atoms with Crippen LogP contribution in [0.2, 0.25) is 0 Å². The first kappa shape index (κ1) is 7.84. The Morgan fingerprint density at radius 2 is 2.58 bits per heavy atom. The highest BCUT2D eigenvalue weighted by atomic mass is 32.1. The Kier molecular flexibility index (Phi) is 1.71. The highest BCUT2D eigenvalue weighted by Gasteiger charge is 2.40. The molecule has 0 aliphatic carbocycles. The molecule has 0 bridgehead atoms. The van der Waals surface area contributed by atoms with Gasteiger partial charge in [-0.05, 0) is 6.08 Å². The third kappa shape index (κ3) is 1.06. The second kappa shape index (κ2) is 2.61. The molecule has 7 heteroatoms. The zero-order valence-electron chi connectivity index (χ0n) is 5.89. The Labute approximate surface area is 79.8 Å². The molecule has 5 nitrogen and oxygen atoms in total. The molecule has 2 aliphatic rings. The number of oxime groups is 1. The van der Waals surface area contributed by atoms with Crippen molar-refractivity contribution in [1.29, 1.82) is 0 Å². The molecule has 1 atom stereocenters. The van der Waals surface area contributed by atoms with Crippen molar-refractivity contribution in [1.82, 2.24) is 15.8 Å². The number of hydrogen-bond acceptors (Lipinski definition) is 6. The van der Waals surface area contributed by atoms with E-state index in [0.29, 0.717) is 4.99 Å². The van der Waals surface area contributed by atoms with Crippen LogP contribution in [0.4, 0.5) is 0 Å². The first-order valence-electron chi connectivity index (χ1n) is 3.19. The Bertz CT molecular complexity index is 279. The molecule has 2 aliphatic heterocycles. The molecule has 64 valence electrons. The number of thiol groups is 1. The molecule has 2 N–H and O–H groups in total. The summed E-state index contributed by atoms with van der Waals surface area (Å²) in [5, 5.41) is 2.58. The standard InChI is InChI=1S/C5H6N4OS2/c11-4-1-2-6-8-5(12)9(4)3-7-10-5/h1-3,6,8,12H/t5-/m0/s1. The lowest BCUT2D eigenvalue weighted by atomic mass is 10.5. The first-order valence-corrected chi connectivity index (χ1v) is 4.04. The minimum atomic E-state index is -1.01. The van der Waals surface area contributed by atoms with E-state index in [2.05, 4.69) is 28.6 Å². The van der Waals surface area contributed by atoms with Crippen molar-refractivity contribution in [2.24, 2.45) is 5.16 Å². The predicted molar refractivity (Wildman–Crippen MR) is 51.1 cm³/mol. The van der Waals surface area contributed by atoms with Crippen LogP contribution < -0.4 is 10.9 Å². The van der Waals surface area contributed by atoms with Crippen LogP contribution in [0, 0.1) is 0 Å². The van der Waals surface area contributed by atoms with Gasteiger partial charge in [-0.2, -0.15) is 5.43 Å². The summed E-state index contributed by atoms with van der Waals surface area (Å²) in [6.07, 6.45) is 4.84. The van der Waals surface area contributed by atoms with Gasteiger partial charge < -0.3 is 10.3 Å². The summed E-state index contributed by atoms with van der Waals surface area (Å²) in [5.74, 6) is 0. The van der Waals surface area contributed by atoms with Crippen LogP contribution in [0.3, 0.4) is 0 Å². The third-order valence-electron chi connectivity index (χ3n) is 1.45. The van der Waals surface area contributed by atoms with Crippen molar-refractivity contribution < 1.29 is 4.84 Å². The van der Waals surface area contributed by atoms with Gasteiger partial charge in [0.15, 0.2) is 0 Å². The molecule has 0 saturated heterocycles. The second-order valence-electron chi connectivity index (χ2n) is 2.23. The van der Waals surface area contributed by atoms with E-state index in [1.54, 1.807) is 17.2 Å². The fourth-order valence-corrected chi connectivity index (χ4v) is 1.47. The number of hydrazine groups is 1. The maximum absolute atomic E-state index is 5.04. The molecule has 0 saturated carbocycles. The molecule has 12 heavy (non-hydrogen) atoms. The van der Waals surface area contributed by atoms with Crippen LogP contribution in [0.15, 0.2) is 17.4 Å². The lowest BCUT2D eigenvalue weighted by Gasteiger charge is -2.28. The summed E-state index contributed by atoms with van der Waals surface area (Å²) in [6.45, 7) is 0. The summed E-state index contributed by atoms with van der Waals surface area (Å²) in [4.78, 5) is 7.11. The molecular formula is C5H6N4OS2. The van der Waals surface area contributed by atoms with Crippen molar-refractivity contribution in [2.75, 3.05) is 0 Å². The molecule has 0 aromatic heterocycles. The Balaban J connectivity index is 2.32. The fraction of sp³-hybridized carbons (Fsp3) is 0.200. The molecule has 2 heterocycles. The zero-order chi connectivity index (χ0) is 8.60. The van der Waals surface area contributed by atoms with Crippen molar-refractivity contribution >= 4 is 36.2 Å². The van der Waals surface area contributed by atoms with Gasteiger partial charge in [-0.15, -0.1) is 0 Å². The molecule has 0 radical (unpaired) electrons. The maximum atomic E-state index is 5.04. The maximum Gasteiger partial charge on any atom is 0.335 e. The van der Waals surface area contributed by atoms with E-state index in [9.17, 15) is 0 Å². The first-order chi connectivity index (χ1) is 5.72. The van der Waals surface area contributed by atoms with Crippen LogP contribution in [-0.2, 0) is 4.84 Å². The summed E-state index contributed by atoms with van der Waals surface area (Å²) in [5.41, 5.74) is 5.52. The van der Waals surface area contributed by atoms with Gasteiger partial charge in [0.25, 0.3) is 0 Å². The van der Waals surface area contributed by atoms with Gasteiger partial charge in [-0.25, -0.2) is 0 Å². The van der Waals surface area contributed by atoms with Crippen molar-refractivity contribution in [3.63, 3.8) is 0 Å². The SMILES string of the molecule is S=C1C=CNN[C@@]2(S)ON=CN12. The molecule has 2 rings (SSSR count). The summed E-state index contributed by atoms with van der Waals surface area (Å²) in [7, 11) is 0. The highest BCUT2D eigenvalue weighted by molar-refractivity contribution is 7.82. The molecule has 0 aromatic rings. The minimum Gasteiger partial charge on any atom is -0.337 e. The summed E-state index contributed by atoms with van der Waals surface area (Å²) >= 11 is 9.25. The Hall–Kier alpha value is -0.790. The Morgan fingerprint density at radius 3 is 3.42 bits per heavy atom. The van der Waals surface area contributed by atoms with Gasteiger partial charge >= 0.3 is 5.18 Å². The molecule has 0 spiro atoms. The minimum absolute atomic E-state index is 0.573. The smallest absolute Gasteiger partial charge is 0.335 e. The Morgan fingerprint density at radius 1 is 1.75 bits per heavy atom. The lowest BCUT2D eigenvalue weighted by molar-refractivity contribution is -0.0258. The summed E-state index contributed by atoms with van der Waals surface area (Å²) < 4.78 is 0. The van der Waals surface area contributed by atoms with Gasteiger partial charge in [0.2, 0.25) is 0 Å². The van der Waals surface area contributed by atoms with Crippen LogP contribution in [-0.4, -0.2) is 21.4 Å². The number of rotatable bonds is 0. The number of hydrogen-bond donors (Lipinski definition) is 3. The van der Waals surface area contributed by atoms with Gasteiger partial charge in [-0.3, -0.25) is 4.90 Å². The van der Waals surface area contributed by atoms with Crippen LogP contribution in [0.1, 0.15) is 0 Å². The number of fused-ring (bicyclic) bond motifs is 1. The van der Waals surface area contributed by atoms with Gasteiger partial charge in [-0.1, -0.05) is 30.0 Å². The summed E-state index contributed by atoms with van der Waals surface area (Å²) in [6, 6.07) is 0. The largest absolute Gasteiger partial charge is 0.337 e. The van der Waals surface area contributed by atoms with E-state index in [4.69, 9.17) is 17.1 Å². The topological polar surface area (TPSA) is 48.9 Å². The van der Waals surface area contributed by atoms with E-state index in [1.807, 2.05) is 0 Å². The van der Waals surface area contributed by atoms with E-state index >= 15 is 0 Å². The van der Waals surface area contributed by atoms with Crippen LogP contribution >= 0.6 is 24.8 Å². The highest BCUT2D eigenvalue weighted by Crippen LogP contribution is 2.23. The monoisotopic (exact) mass is 202 g/mol. The molecule has 0 unspecified atom stereocenters. The van der Waals surface area contributed by atoms with E-state index in [-0.39, 0.29) is 0 Å². The van der Waals surface area contributed by atoms with Crippen molar-refractivity contribution in [2.45, 2.75) is 5.18 Å². The molecular weight excluding hydrogens is 196 g/mol. The van der Waals surface area contributed by atoms with Crippen LogP contribution in [0.5, 0.6) is 0 Å². The van der Waals surface area contributed by atoms with Gasteiger partial charge in [0.05, 0.1) is 0 Å². The fourth-order valence-electron chi connectivity index (χ4n) is 0.885. The van der Waals surface area contributed by atoms with E-state index < -0.39 is 5.18 Å². The predicted octanol–water partition coefficient (Wildman–Crippen LogP) is -0.248. The van der Waals surface area contributed by atoms with E-state index in [0.717, 1.165) is 0 Å². The number of nitrogens with zero attached hydrogens (tertiary/aromatic N) is 2.